The highest BCUT2D eigenvalue weighted by Crippen LogP contribution is 2.23. The van der Waals surface area contributed by atoms with Gasteiger partial charge in [-0.25, -0.2) is 8.42 Å². The zero-order valence-corrected chi connectivity index (χ0v) is 23.5. The molecule has 7 nitrogen and oxygen atoms in total. The van der Waals surface area contributed by atoms with Crippen LogP contribution in [0.2, 0.25) is 5.02 Å². The average molecular weight is 536 g/mol. The number of amides is 2. The zero-order valence-electron chi connectivity index (χ0n) is 21.9. The van der Waals surface area contributed by atoms with Crippen molar-refractivity contribution in [2.45, 2.75) is 66.0 Å². The first-order chi connectivity index (χ1) is 17.0. The minimum atomic E-state index is -3.54. The highest BCUT2D eigenvalue weighted by atomic mass is 35.5. The monoisotopic (exact) mass is 535 g/mol. The van der Waals surface area contributed by atoms with Crippen LogP contribution >= 0.6 is 11.6 Å². The molecule has 2 aromatic rings. The summed E-state index contributed by atoms with van der Waals surface area (Å²) < 4.78 is 26.4. The molecule has 0 unspecified atom stereocenters. The molecule has 0 bridgehead atoms. The van der Waals surface area contributed by atoms with Crippen molar-refractivity contribution in [2.24, 2.45) is 0 Å². The van der Waals surface area contributed by atoms with Crippen molar-refractivity contribution in [1.82, 2.24) is 10.2 Å². The number of hydrogen-bond donors (Lipinski definition) is 1. The number of benzene rings is 2. The van der Waals surface area contributed by atoms with Crippen LogP contribution in [-0.2, 0) is 26.2 Å². The minimum absolute atomic E-state index is 0.113. The first-order valence-corrected chi connectivity index (χ1v) is 14.6. The number of hydrogen-bond acceptors (Lipinski definition) is 4. The van der Waals surface area contributed by atoms with Crippen molar-refractivity contribution >= 4 is 39.1 Å². The third-order valence-electron chi connectivity index (χ3n) is 5.85. The van der Waals surface area contributed by atoms with E-state index in [1.165, 1.54) is 10.6 Å². The molecule has 0 radical (unpaired) electrons. The third-order valence-corrected chi connectivity index (χ3v) is 7.29. The van der Waals surface area contributed by atoms with E-state index in [9.17, 15) is 18.0 Å². The SMILES string of the molecule is CCCNC(=O)[C@@H](CC)N(Cc1ccc(Cl)cc1)C(=O)CCCN(c1cc(C)cc(C)c1)S(C)(=O)=O. The Morgan fingerprint density at radius 2 is 1.64 bits per heavy atom. The smallest absolute Gasteiger partial charge is 0.242 e. The summed E-state index contributed by atoms with van der Waals surface area (Å²) in [6.45, 7) is 8.66. The molecule has 1 atom stereocenters. The Balaban J connectivity index is 2.22. The lowest BCUT2D eigenvalue weighted by Gasteiger charge is -2.31. The summed E-state index contributed by atoms with van der Waals surface area (Å²) >= 11 is 6.01. The van der Waals surface area contributed by atoms with E-state index in [4.69, 9.17) is 11.6 Å². The van der Waals surface area contributed by atoms with E-state index in [0.29, 0.717) is 30.1 Å². The zero-order chi connectivity index (χ0) is 26.9. The van der Waals surface area contributed by atoms with Gasteiger partial charge in [0.25, 0.3) is 0 Å². The van der Waals surface area contributed by atoms with Gasteiger partial charge in [-0.1, -0.05) is 43.6 Å². The van der Waals surface area contributed by atoms with Gasteiger partial charge < -0.3 is 10.2 Å². The normalized spacial score (nSPS) is 12.2. The molecule has 2 aromatic carbocycles. The number of nitrogens with one attached hydrogen (secondary N) is 1. The maximum absolute atomic E-state index is 13.4. The third kappa shape index (κ3) is 8.82. The number of carbonyl (C=O) groups is 2. The molecule has 0 spiro atoms. The second-order valence-electron chi connectivity index (χ2n) is 9.15. The van der Waals surface area contributed by atoms with Crippen LogP contribution in [0.25, 0.3) is 0 Å². The van der Waals surface area contributed by atoms with E-state index >= 15 is 0 Å². The van der Waals surface area contributed by atoms with Crippen LogP contribution in [0, 0.1) is 13.8 Å². The second-order valence-corrected chi connectivity index (χ2v) is 11.5. The lowest BCUT2D eigenvalue weighted by Crippen LogP contribution is -2.49. The van der Waals surface area contributed by atoms with Crippen LogP contribution in [0.5, 0.6) is 0 Å². The maximum atomic E-state index is 13.4. The number of anilines is 1. The van der Waals surface area contributed by atoms with E-state index in [1.807, 2.05) is 58.0 Å². The molecule has 0 fully saturated rings. The van der Waals surface area contributed by atoms with Gasteiger partial charge >= 0.3 is 0 Å². The summed E-state index contributed by atoms with van der Waals surface area (Å²) in [5, 5.41) is 3.49. The highest BCUT2D eigenvalue weighted by Gasteiger charge is 2.28. The highest BCUT2D eigenvalue weighted by molar-refractivity contribution is 7.92. The molecule has 0 aliphatic rings. The molecule has 1 N–H and O–H groups in total. The molecule has 0 aliphatic carbocycles. The van der Waals surface area contributed by atoms with Crippen molar-refractivity contribution in [2.75, 3.05) is 23.7 Å². The van der Waals surface area contributed by atoms with Gasteiger partial charge in [-0.3, -0.25) is 13.9 Å². The Bertz CT molecular complexity index is 1120. The van der Waals surface area contributed by atoms with Gasteiger partial charge in [0.1, 0.15) is 6.04 Å². The molecular weight excluding hydrogens is 498 g/mol. The van der Waals surface area contributed by atoms with Gasteiger partial charge in [-0.05, 0) is 74.1 Å². The summed E-state index contributed by atoms with van der Waals surface area (Å²) in [6.07, 6.45) is 2.87. The molecule has 2 rings (SSSR count). The number of aryl methyl sites for hydroxylation is 2. The number of sulfonamides is 1. The van der Waals surface area contributed by atoms with E-state index in [2.05, 4.69) is 5.32 Å². The van der Waals surface area contributed by atoms with Gasteiger partial charge in [0.2, 0.25) is 21.8 Å². The van der Waals surface area contributed by atoms with Crippen molar-refractivity contribution in [3.05, 3.63) is 64.2 Å². The van der Waals surface area contributed by atoms with Crippen LogP contribution in [0.4, 0.5) is 5.69 Å². The summed E-state index contributed by atoms with van der Waals surface area (Å²) in [6, 6.07) is 12.2. The molecule has 36 heavy (non-hydrogen) atoms. The first kappa shape index (κ1) is 29.6. The fraction of sp³-hybridized carbons (Fsp3) is 0.481. The molecule has 0 saturated heterocycles. The molecule has 0 saturated carbocycles. The Morgan fingerprint density at radius 1 is 1.03 bits per heavy atom. The average Bonchev–Trinajstić information content (AvgIpc) is 2.79. The van der Waals surface area contributed by atoms with Crippen molar-refractivity contribution in [3.63, 3.8) is 0 Å². The summed E-state index contributed by atoms with van der Waals surface area (Å²) in [5.41, 5.74) is 3.38. The summed E-state index contributed by atoms with van der Waals surface area (Å²) in [4.78, 5) is 27.9. The van der Waals surface area contributed by atoms with E-state index in [0.717, 1.165) is 23.1 Å². The number of rotatable bonds is 13. The molecule has 9 heteroatoms. The van der Waals surface area contributed by atoms with Crippen LogP contribution < -0.4 is 9.62 Å². The standard InChI is InChI=1S/C27H38ClN3O4S/c1-6-14-29-27(33)25(7-2)30(19-22-10-12-23(28)13-11-22)26(32)9-8-15-31(36(5,34)35)24-17-20(3)16-21(4)18-24/h10-13,16-18,25H,6-9,14-15,19H2,1-5H3,(H,29,33)/t25-/m1/s1. The van der Waals surface area contributed by atoms with Crippen molar-refractivity contribution in [3.8, 4) is 0 Å². The number of carbonyl (C=O) groups excluding carboxylic acids is 2. The van der Waals surface area contributed by atoms with E-state index in [1.54, 1.807) is 17.0 Å². The van der Waals surface area contributed by atoms with E-state index < -0.39 is 16.1 Å². The van der Waals surface area contributed by atoms with Crippen LogP contribution in [0.15, 0.2) is 42.5 Å². The molecule has 0 heterocycles. The first-order valence-electron chi connectivity index (χ1n) is 12.3. The van der Waals surface area contributed by atoms with Crippen LogP contribution in [0.3, 0.4) is 0 Å². The van der Waals surface area contributed by atoms with E-state index in [-0.39, 0.29) is 31.3 Å². The molecule has 198 valence electrons. The second kappa shape index (κ2) is 13.7. The van der Waals surface area contributed by atoms with Gasteiger partial charge in [0, 0.05) is 31.1 Å². The predicted molar refractivity (Wildman–Crippen MR) is 147 cm³/mol. The number of halogens is 1. The fourth-order valence-corrected chi connectivity index (χ4v) is 5.25. The van der Waals surface area contributed by atoms with Gasteiger partial charge in [0.15, 0.2) is 0 Å². The Labute approximate surface area is 220 Å². The van der Waals surface area contributed by atoms with Gasteiger partial charge in [-0.15, -0.1) is 0 Å². The Kier molecular flexibility index (Phi) is 11.2. The fourth-order valence-electron chi connectivity index (χ4n) is 4.17. The van der Waals surface area contributed by atoms with Gasteiger partial charge in [-0.2, -0.15) is 0 Å². The summed E-state index contributed by atoms with van der Waals surface area (Å²) in [5.74, 6) is -0.382. The largest absolute Gasteiger partial charge is 0.354 e. The summed E-state index contributed by atoms with van der Waals surface area (Å²) in [7, 11) is -3.54. The minimum Gasteiger partial charge on any atom is -0.354 e. The van der Waals surface area contributed by atoms with Gasteiger partial charge in [0.05, 0.1) is 11.9 Å². The molecular formula is C27H38ClN3O4S. The Hall–Kier alpha value is -2.58. The topological polar surface area (TPSA) is 86.8 Å². The predicted octanol–water partition coefficient (Wildman–Crippen LogP) is 4.84. The van der Waals surface area contributed by atoms with Crippen molar-refractivity contribution < 1.29 is 18.0 Å². The van der Waals surface area contributed by atoms with Crippen LogP contribution in [0.1, 0.15) is 56.2 Å². The van der Waals surface area contributed by atoms with Crippen LogP contribution in [-0.4, -0.2) is 50.5 Å². The lowest BCUT2D eigenvalue weighted by atomic mass is 10.1. The molecule has 0 aliphatic heterocycles. The maximum Gasteiger partial charge on any atom is 0.242 e. The molecule has 2 amide bonds. The Morgan fingerprint density at radius 3 is 2.17 bits per heavy atom. The lowest BCUT2D eigenvalue weighted by molar-refractivity contribution is -0.141. The number of nitrogens with zero attached hydrogens (tertiary/aromatic N) is 2. The van der Waals surface area contributed by atoms with Crippen molar-refractivity contribution in [1.29, 1.82) is 0 Å². The molecule has 0 aromatic heterocycles. The quantitative estimate of drug-likeness (QED) is 0.398.